The molecule has 11 heavy (non-hydrogen) atoms. The number of aliphatic hydroxyl groups is 1. The van der Waals surface area contributed by atoms with E-state index in [4.69, 9.17) is 4.74 Å². The van der Waals surface area contributed by atoms with Crippen molar-refractivity contribution in [3.63, 3.8) is 0 Å². The van der Waals surface area contributed by atoms with Crippen molar-refractivity contribution in [2.45, 2.75) is 18.6 Å². The first kappa shape index (κ1) is 7.53. The molecule has 1 N–H and O–H groups in total. The Morgan fingerprint density at radius 1 is 1.45 bits per heavy atom. The number of likely N-dealkylation sites (tertiary alicyclic amines) is 1. The van der Waals surface area contributed by atoms with E-state index in [0.29, 0.717) is 6.04 Å². The molecule has 0 aromatic carbocycles. The third-order valence-electron chi connectivity index (χ3n) is 2.41. The third-order valence-corrected chi connectivity index (χ3v) is 2.41. The molecule has 2 aliphatic rings. The van der Waals surface area contributed by atoms with Crippen LogP contribution in [0.5, 0.6) is 0 Å². The summed E-state index contributed by atoms with van der Waals surface area (Å²) in [4.78, 5) is 2.31. The fraction of sp³-hybridized carbons (Fsp3) is 0.875. The Balaban J connectivity index is 1.82. The summed E-state index contributed by atoms with van der Waals surface area (Å²) in [5.74, 6) is 0. The van der Waals surface area contributed by atoms with Crippen LogP contribution in [-0.4, -0.2) is 48.5 Å². The van der Waals surface area contributed by atoms with Crippen LogP contribution in [0.1, 0.15) is 6.42 Å². The van der Waals surface area contributed by atoms with E-state index in [0.717, 1.165) is 32.7 Å². The zero-order valence-electron chi connectivity index (χ0n) is 6.57. The first-order chi connectivity index (χ1) is 5.36. The number of aliphatic hydroxyl groups excluding tert-OH is 1. The van der Waals surface area contributed by atoms with E-state index >= 15 is 0 Å². The van der Waals surface area contributed by atoms with Crippen LogP contribution in [0, 0.1) is 6.42 Å². The summed E-state index contributed by atoms with van der Waals surface area (Å²) in [7, 11) is 0. The number of ether oxygens (including phenoxy) is 1. The quantitative estimate of drug-likeness (QED) is 0.563. The lowest BCUT2D eigenvalue weighted by molar-refractivity contribution is -0.0786. The van der Waals surface area contributed by atoms with Crippen molar-refractivity contribution >= 4 is 0 Å². The smallest absolute Gasteiger partial charge is 0.0699 e. The molecule has 0 spiro atoms. The second kappa shape index (κ2) is 3.09. The topological polar surface area (TPSA) is 32.7 Å². The summed E-state index contributed by atoms with van der Waals surface area (Å²) in [6, 6.07) is 0.582. The fourth-order valence-corrected chi connectivity index (χ4v) is 1.60. The molecule has 2 heterocycles. The fourth-order valence-electron chi connectivity index (χ4n) is 1.60. The van der Waals surface area contributed by atoms with Gasteiger partial charge in [-0.1, -0.05) is 0 Å². The Morgan fingerprint density at radius 3 is 2.82 bits per heavy atom. The molecule has 2 aliphatic heterocycles. The monoisotopic (exact) mass is 156 g/mol. The predicted molar refractivity (Wildman–Crippen MR) is 41.1 cm³/mol. The van der Waals surface area contributed by atoms with Crippen molar-refractivity contribution in [2.24, 2.45) is 0 Å². The standard InChI is InChI=1S/C8H14NO2/c10-8-2-1-3-9(4-8)7-5-11-6-7/h2,7-8,10H,1,3-6H2. The van der Waals surface area contributed by atoms with Crippen molar-refractivity contribution in [3.8, 4) is 0 Å². The first-order valence-electron chi connectivity index (χ1n) is 4.19. The maximum absolute atomic E-state index is 9.31. The average Bonchev–Trinajstić information content (AvgIpc) is 1.83. The van der Waals surface area contributed by atoms with Crippen LogP contribution in [0.25, 0.3) is 0 Å². The van der Waals surface area contributed by atoms with Crippen LogP contribution in [0.4, 0.5) is 0 Å². The van der Waals surface area contributed by atoms with Crippen LogP contribution >= 0.6 is 0 Å². The van der Waals surface area contributed by atoms with E-state index in [2.05, 4.69) is 4.90 Å². The summed E-state index contributed by atoms with van der Waals surface area (Å²) in [6.45, 7) is 3.60. The molecule has 1 radical (unpaired) electrons. The third kappa shape index (κ3) is 1.55. The van der Waals surface area contributed by atoms with Crippen molar-refractivity contribution in [2.75, 3.05) is 26.3 Å². The summed E-state index contributed by atoms with van der Waals surface area (Å²) in [5, 5.41) is 9.31. The van der Waals surface area contributed by atoms with Gasteiger partial charge < -0.3 is 9.84 Å². The van der Waals surface area contributed by atoms with Gasteiger partial charge in [0.15, 0.2) is 0 Å². The number of nitrogens with zero attached hydrogens (tertiary/aromatic N) is 1. The van der Waals surface area contributed by atoms with Crippen molar-refractivity contribution in [3.05, 3.63) is 6.42 Å². The Bertz CT molecular complexity index is 136. The van der Waals surface area contributed by atoms with Gasteiger partial charge in [-0.25, -0.2) is 0 Å². The van der Waals surface area contributed by atoms with Gasteiger partial charge in [-0.3, -0.25) is 4.90 Å². The van der Waals surface area contributed by atoms with Crippen molar-refractivity contribution in [1.82, 2.24) is 4.90 Å². The Labute approximate surface area is 66.9 Å². The molecule has 0 amide bonds. The molecule has 63 valence electrons. The molecule has 2 saturated heterocycles. The van der Waals surface area contributed by atoms with Gasteiger partial charge in [0.2, 0.25) is 0 Å². The van der Waals surface area contributed by atoms with Crippen LogP contribution in [-0.2, 0) is 4.74 Å². The molecule has 3 nitrogen and oxygen atoms in total. The van der Waals surface area contributed by atoms with Gasteiger partial charge in [-0.2, -0.15) is 0 Å². The highest BCUT2D eigenvalue weighted by Crippen LogP contribution is 2.16. The predicted octanol–water partition coefficient (Wildman–Crippen LogP) is -0.344. The number of piperidine rings is 1. The molecule has 2 fully saturated rings. The zero-order valence-corrected chi connectivity index (χ0v) is 6.57. The Hall–Kier alpha value is -0.120. The molecule has 0 bridgehead atoms. The molecular formula is C8H14NO2. The number of hydrogen-bond acceptors (Lipinski definition) is 3. The normalized spacial score (nSPS) is 35.2. The van der Waals surface area contributed by atoms with E-state index in [1.54, 1.807) is 0 Å². The maximum atomic E-state index is 9.31. The van der Waals surface area contributed by atoms with Gasteiger partial charge in [-0.15, -0.1) is 0 Å². The number of hydrogen-bond donors (Lipinski definition) is 1. The minimum atomic E-state index is -0.218. The van der Waals surface area contributed by atoms with Gasteiger partial charge in [0.1, 0.15) is 0 Å². The van der Waals surface area contributed by atoms with E-state index < -0.39 is 0 Å². The highest BCUT2D eigenvalue weighted by atomic mass is 16.5. The Kier molecular flexibility index (Phi) is 2.11. The summed E-state index contributed by atoms with van der Waals surface area (Å²) in [5.41, 5.74) is 0. The van der Waals surface area contributed by atoms with Crippen molar-refractivity contribution in [1.29, 1.82) is 0 Å². The molecule has 0 aromatic rings. The lowest BCUT2D eigenvalue weighted by atomic mass is 10.1. The minimum Gasteiger partial charge on any atom is -0.391 e. The minimum absolute atomic E-state index is 0.218. The Morgan fingerprint density at radius 2 is 2.27 bits per heavy atom. The molecule has 0 aliphatic carbocycles. The highest BCUT2D eigenvalue weighted by molar-refractivity contribution is 4.89. The molecule has 0 saturated carbocycles. The molecule has 2 rings (SSSR count). The maximum Gasteiger partial charge on any atom is 0.0699 e. The number of rotatable bonds is 1. The van der Waals surface area contributed by atoms with Crippen LogP contribution in [0.15, 0.2) is 0 Å². The second-order valence-electron chi connectivity index (χ2n) is 3.28. The second-order valence-corrected chi connectivity index (χ2v) is 3.28. The largest absolute Gasteiger partial charge is 0.391 e. The molecule has 0 aromatic heterocycles. The highest BCUT2D eigenvalue weighted by Gasteiger charge is 2.29. The summed E-state index contributed by atoms with van der Waals surface area (Å²) in [6.07, 6.45) is 2.78. The lowest BCUT2D eigenvalue weighted by Crippen LogP contribution is -2.53. The van der Waals surface area contributed by atoms with Gasteiger partial charge in [-0.05, 0) is 19.4 Å². The average molecular weight is 156 g/mol. The van der Waals surface area contributed by atoms with Crippen LogP contribution < -0.4 is 0 Å². The van der Waals surface area contributed by atoms with Crippen LogP contribution in [0.3, 0.4) is 0 Å². The van der Waals surface area contributed by atoms with E-state index in [1.165, 1.54) is 0 Å². The van der Waals surface area contributed by atoms with Crippen LogP contribution in [0.2, 0.25) is 0 Å². The molecule has 3 heteroatoms. The number of β-amino-alcohol motifs (C(OH)–C–C–N with tert-alkyl or cyclic N) is 1. The summed E-state index contributed by atoms with van der Waals surface area (Å²) < 4.78 is 5.09. The van der Waals surface area contributed by atoms with Gasteiger partial charge in [0.05, 0.1) is 25.4 Å². The van der Waals surface area contributed by atoms with Gasteiger partial charge >= 0.3 is 0 Å². The van der Waals surface area contributed by atoms with Gasteiger partial charge in [0.25, 0.3) is 0 Å². The zero-order chi connectivity index (χ0) is 7.68. The van der Waals surface area contributed by atoms with E-state index in [9.17, 15) is 5.11 Å². The molecular weight excluding hydrogens is 142 g/mol. The van der Waals surface area contributed by atoms with Crippen molar-refractivity contribution < 1.29 is 9.84 Å². The SMILES string of the molecule is OC1[CH]CCN(C2COC2)C1. The molecule has 1 atom stereocenters. The van der Waals surface area contributed by atoms with E-state index in [-0.39, 0.29) is 6.10 Å². The molecule has 1 unspecified atom stereocenters. The summed E-state index contributed by atoms with van der Waals surface area (Å²) >= 11 is 0. The van der Waals surface area contributed by atoms with Gasteiger partial charge in [0, 0.05) is 6.54 Å². The lowest BCUT2D eigenvalue weighted by Gasteiger charge is -2.40. The van der Waals surface area contributed by atoms with E-state index in [1.807, 2.05) is 6.42 Å². The first-order valence-corrected chi connectivity index (χ1v) is 4.19.